The first kappa shape index (κ1) is 23.3. The van der Waals surface area contributed by atoms with Gasteiger partial charge in [-0.05, 0) is 69.1 Å². The van der Waals surface area contributed by atoms with Gasteiger partial charge in [-0.1, -0.05) is 13.0 Å². The molecule has 9 heteroatoms. The summed E-state index contributed by atoms with van der Waals surface area (Å²) in [5.41, 5.74) is 2.38. The summed E-state index contributed by atoms with van der Waals surface area (Å²) in [6, 6.07) is 9.94. The highest BCUT2D eigenvalue weighted by Crippen LogP contribution is 2.28. The Bertz CT molecular complexity index is 1280. The topological polar surface area (TPSA) is 95.5 Å². The van der Waals surface area contributed by atoms with E-state index >= 15 is 0 Å². The van der Waals surface area contributed by atoms with Gasteiger partial charge in [0.25, 0.3) is 17.7 Å². The second kappa shape index (κ2) is 9.67. The SMILES string of the molecule is Cc1nc(NC(=O)c2ccc3c(c2)C(=O)N(Cc2ccccn2)C3=O)sc1CN1CCC(C)CC1. The molecule has 0 radical (unpaired) electrons. The van der Waals surface area contributed by atoms with Crippen LogP contribution in [-0.4, -0.2) is 50.6 Å². The van der Waals surface area contributed by atoms with E-state index in [1.165, 1.54) is 30.2 Å². The van der Waals surface area contributed by atoms with Crippen LogP contribution >= 0.6 is 11.3 Å². The van der Waals surface area contributed by atoms with E-state index < -0.39 is 5.91 Å². The number of hydrogen-bond acceptors (Lipinski definition) is 7. The number of aryl methyl sites for hydroxylation is 1. The van der Waals surface area contributed by atoms with Gasteiger partial charge in [-0.2, -0.15) is 0 Å². The monoisotopic (exact) mass is 489 g/mol. The Morgan fingerprint density at radius 1 is 1.09 bits per heavy atom. The van der Waals surface area contributed by atoms with Gasteiger partial charge in [0.1, 0.15) is 0 Å². The third-order valence-electron chi connectivity index (χ3n) is 6.64. The van der Waals surface area contributed by atoms with Gasteiger partial charge in [-0.3, -0.25) is 34.5 Å². The first-order valence-electron chi connectivity index (χ1n) is 11.8. The van der Waals surface area contributed by atoms with Crippen LogP contribution in [0.1, 0.15) is 67.1 Å². The van der Waals surface area contributed by atoms with Crippen LogP contribution in [-0.2, 0) is 13.1 Å². The minimum Gasteiger partial charge on any atom is -0.298 e. The van der Waals surface area contributed by atoms with Gasteiger partial charge < -0.3 is 0 Å². The molecule has 4 heterocycles. The molecule has 0 bridgehead atoms. The first-order chi connectivity index (χ1) is 16.9. The number of pyridine rings is 1. The lowest BCUT2D eigenvalue weighted by Gasteiger charge is -2.29. The van der Waals surface area contributed by atoms with Crippen molar-refractivity contribution >= 4 is 34.2 Å². The fraction of sp³-hybridized carbons (Fsp3) is 0.346. The molecule has 1 saturated heterocycles. The van der Waals surface area contributed by atoms with Gasteiger partial charge in [0.15, 0.2) is 5.13 Å². The van der Waals surface area contributed by atoms with E-state index in [1.807, 2.05) is 13.0 Å². The number of anilines is 1. The molecule has 0 aliphatic carbocycles. The number of rotatable bonds is 6. The average Bonchev–Trinajstić information content (AvgIpc) is 3.32. The Labute approximate surface area is 208 Å². The van der Waals surface area contributed by atoms with Crippen LogP contribution in [0.3, 0.4) is 0 Å². The van der Waals surface area contributed by atoms with Gasteiger partial charge >= 0.3 is 0 Å². The predicted molar refractivity (Wildman–Crippen MR) is 133 cm³/mol. The Kier molecular flexibility index (Phi) is 6.44. The van der Waals surface area contributed by atoms with Crippen LogP contribution in [0.25, 0.3) is 0 Å². The number of piperidine rings is 1. The zero-order valence-electron chi connectivity index (χ0n) is 19.8. The van der Waals surface area contributed by atoms with Gasteiger partial charge in [-0.15, -0.1) is 11.3 Å². The number of hydrogen-bond donors (Lipinski definition) is 1. The first-order valence-corrected chi connectivity index (χ1v) is 12.6. The maximum Gasteiger partial charge on any atom is 0.261 e. The van der Waals surface area contributed by atoms with Crippen molar-refractivity contribution in [1.82, 2.24) is 19.8 Å². The molecule has 3 aromatic rings. The lowest BCUT2D eigenvalue weighted by atomic mass is 9.99. The van der Waals surface area contributed by atoms with Crippen LogP contribution in [0.5, 0.6) is 0 Å². The van der Waals surface area contributed by atoms with E-state index in [4.69, 9.17) is 0 Å². The molecule has 35 heavy (non-hydrogen) atoms. The maximum atomic E-state index is 12.9. The molecule has 0 saturated carbocycles. The van der Waals surface area contributed by atoms with Crippen molar-refractivity contribution in [1.29, 1.82) is 0 Å². The van der Waals surface area contributed by atoms with E-state index in [0.717, 1.165) is 41.0 Å². The molecule has 8 nitrogen and oxygen atoms in total. The van der Waals surface area contributed by atoms with Gasteiger partial charge in [0, 0.05) is 23.2 Å². The van der Waals surface area contributed by atoms with Gasteiger partial charge in [0.2, 0.25) is 0 Å². The van der Waals surface area contributed by atoms with Gasteiger partial charge in [-0.25, -0.2) is 4.98 Å². The summed E-state index contributed by atoms with van der Waals surface area (Å²) in [5, 5.41) is 3.40. The molecule has 1 fully saturated rings. The molecular formula is C26H27N5O3S. The van der Waals surface area contributed by atoms with E-state index in [1.54, 1.807) is 30.5 Å². The van der Waals surface area contributed by atoms with Crippen LogP contribution in [0.15, 0.2) is 42.6 Å². The van der Waals surface area contributed by atoms with Crippen molar-refractivity contribution < 1.29 is 14.4 Å². The standard InChI is InChI=1S/C26H27N5O3S/c1-16-8-11-30(12-9-16)15-22-17(2)28-26(35-22)29-23(32)18-6-7-20-21(13-18)25(34)31(24(20)33)14-19-5-3-4-10-27-19/h3-7,10,13,16H,8-9,11-12,14-15H2,1-2H3,(H,28,29,32). The molecule has 1 N–H and O–H groups in total. The number of carbonyl (C=O) groups is 3. The molecule has 2 aromatic heterocycles. The molecule has 1 aromatic carbocycles. The highest BCUT2D eigenvalue weighted by atomic mass is 32.1. The Morgan fingerprint density at radius 3 is 2.60 bits per heavy atom. The van der Waals surface area contributed by atoms with Crippen molar-refractivity contribution in [2.75, 3.05) is 18.4 Å². The second-order valence-electron chi connectivity index (χ2n) is 9.22. The Hall–Kier alpha value is -3.43. The van der Waals surface area contributed by atoms with E-state index in [-0.39, 0.29) is 23.9 Å². The number of benzene rings is 1. The highest BCUT2D eigenvalue weighted by Gasteiger charge is 2.36. The van der Waals surface area contributed by atoms with Crippen molar-refractivity contribution in [3.63, 3.8) is 0 Å². The minimum absolute atomic E-state index is 0.0891. The van der Waals surface area contributed by atoms with E-state index in [2.05, 4.69) is 27.1 Å². The average molecular weight is 490 g/mol. The number of thiazole rings is 1. The number of carbonyl (C=O) groups excluding carboxylic acids is 3. The second-order valence-corrected chi connectivity index (χ2v) is 10.3. The summed E-state index contributed by atoms with van der Waals surface area (Å²) < 4.78 is 0. The van der Waals surface area contributed by atoms with Gasteiger partial charge in [0.05, 0.1) is 29.1 Å². The number of amides is 3. The quantitative estimate of drug-likeness (QED) is 0.523. The van der Waals surface area contributed by atoms with Crippen molar-refractivity contribution in [2.45, 2.75) is 39.8 Å². The summed E-state index contributed by atoms with van der Waals surface area (Å²) in [5.74, 6) is -0.382. The number of fused-ring (bicyclic) bond motifs is 1. The zero-order valence-corrected chi connectivity index (χ0v) is 20.6. The van der Waals surface area contributed by atoms with E-state index in [9.17, 15) is 14.4 Å². The third kappa shape index (κ3) is 4.87. The van der Waals surface area contributed by atoms with Crippen LogP contribution < -0.4 is 5.32 Å². The molecule has 2 aliphatic rings. The lowest BCUT2D eigenvalue weighted by Crippen LogP contribution is -2.32. The molecular weight excluding hydrogens is 462 g/mol. The Balaban J connectivity index is 1.27. The summed E-state index contributed by atoms with van der Waals surface area (Å²) >= 11 is 1.48. The molecule has 180 valence electrons. The fourth-order valence-corrected chi connectivity index (χ4v) is 5.45. The van der Waals surface area contributed by atoms with Crippen LogP contribution in [0.4, 0.5) is 5.13 Å². The smallest absolute Gasteiger partial charge is 0.261 e. The summed E-state index contributed by atoms with van der Waals surface area (Å²) in [6.45, 7) is 7.35. The molecule has 0 unspecified atom stereocenters. The van der Waals surface area contributed by atoms with Crippen molar-refractivity contribution in [3.05, 3.63) is 75.6 Å². The normalized spacial score (nSPS) is 16.6. The molecule has 0 spiro atoms. The number of nitrogens with one attached hydrogen (secondary N) is 1. The molecule has 0 atom stereocenters. The highest BCUT2D eigenvalue weighted by molar-refractivity contribution is 7.15. The molecule has 5 rings (SSSR count). The minimum atomic E-state index is -0.423. The lowest BCUT2D eigenvalue weighted by molar-refractivity contribution is 0.0640. The Morgan fingerprint density at radius 2 is 1.86 bits per heavy atom. The van der Waals surface area contributed by atoms with Crippen molar-refractivity contribution in [2.24, 2.45) is 5.92 Å². The van der Waals surface area contributed by atoms with Crippen LogP contribution in [0, 0.1) is 12.8 Å². The predicted octanol–water partition coefficient (Wildman–Crippen LogP) is 4.13. The molecule has 2 aliphatic heterocycles. The summed E-state index contributed by atoms with van der Waals surface area (Å²) in [7, 11) is 0. The zero-order chi connectivity index (χ0) is 24.5. The number of nitrogens with zero attached hydrogens (tertiary/aromatic N) is 4. The van der Waals surface area contributed by atoms with Crippen molar-refractivity contribution in [3.8, 4) is 0 Å². The molecule has 3 amide bonds. The summed E-state index contributed by atoms with van der Waals surface area (Å²) in [4.78, 5) is 52.1. The third-order valence-corrected chi connectivity index (χ3v) is 7.69. The van der Waals surface area contributed by atoms with E-state index in [0.29, 0.717) is 22.0 Å². The number of likely N-dealkylation sites (tertiary alicyclic amines) is 1. The maximum absolute atomic E-state index is 12.9. The number of aromatic nitrogens is 2. The van der Waals surface area contributed by atoms with Crippen LogP contribution in [0.2, 0.25) is 0 Å². The number of imide groups is 1. The fourth-order valence-electron chi connectivity index (χ4n) is 4.45. The summed E-state index contributed by atoms with van der Waals surface area (Å²) in [6.07, 6.45) is 4.04. The largest absolute Gasteiger partial charge is 0.298 e.